The number of rotatable bonds is 6. The first-order chi connectivity index (χ1) is 11.5. The Labute approximate surface area is 139 Å². The maximum Gasteiger partial charge on any atom is 0.347 e. The van der Waals surface area contributed by atoms with Crippen molar-refractivity contribution in [3.8, 4) is 5.75 Å². The van der Waals surface area contributed by atoms with Crippen molar-refractivity contribution >= 4 is 23.7 Å². The minimum Gasteiger partial charge on any atom is -0.497 e. The highest BCUT2D eigenvalue weighted by atomic mass is 16.6. The Morgan fingerprint density at radius 2 is 2.00 bits per heavy atom. The number of nitrogens with one attached hydrogen (secondary N) is 2. The number of hydrogen-bond donors (Lipinski definition) is 2. The van der Waals surface area contributed by atoms with Gasteiger partial charge in [-0.3, -0.25) is 4.79 Å². The molecule has 0 aromatic heterocycles. The third-order valence-corrected chi connectivity index (χ3v) is 3.36. The van der Waals surface area contributed by atoms with Crippen LogP contribution in [0.2, 0.25) is 0 Å². The fraction of sp³-hybridized carbons (Fsp3) is 0.438. The molecule has 1 aromatic rings. The molecular weight excluding hydrogens is 316 g/mol. The standard InChI is InChI=1S/C16H20N2O6/c1-10-9-13(15(20)23-10)24-14(19)7-8-17-16(21)18-11-3-5-12(22-2)6-4-11/h3-6,10,13H,7-9H2,1-2H3,(H2,17,18,21). The van der Waals surface area contributed by atoms with Crippen LogP contribution in [0.1, 0.15) is 19.8 Å². The van der Waals surface area contributed by atoms with E-state index in [0.717, 1.165) is 0 Å². The zero-order chi connectivity index (χ0) is 17.5. The van der Waals surface area contributed by atoms with Crippen LogP contribution >= 0.6 is 0 Å². The summed E-state index contributed by atoms with van der Waals surface area (Å²) in [5.41, 5.74) is 0.596. The van der Waals surface area contributed by atoms with Crippen LogP contribution in [0, 0.1) is 0 Å². The Kier molecular flexibility index (Phi) is 6.00. The molecule has 1 aliphatic rings. The number of hydrogen-bond acceptors (Lipinski definition) is 6. The van der Waals surface area contributed by atoms with Gasteiger partial charge in [-0.2, -0.15) is 0 Å². The van der Waals surface area contributed by atoms with Crippen molar-refractivity contribution < 1.29 is 28.6 Å². The molecule has 2 amide bonds. The zero-order valence-electron chi connectivity index (χ0n) is 13.5. The predicted molar refractivity (Wildman–Crippen MR) is 84.7 cm³/mol. The molecule has 130 valence electrons. The maximum absolute atomic E-state index is 11.7. The van der Waals surface area contributed by atoms with Crippen molar-refractivity contribution in [3.05, 3.63) is 24.3 Å². The monoisotopic (exact) mass is 336 g/mol. The van der Waals surface area contributed by atoms with Crippen LogP contribution in [0.25, 0.3) is 0 Å². The van der Waals surface area contributed by atoms with Crippen LogP contribution in [0.3, 0.4) is 0 Å². The van der Waals surface area contributed by atoms with E-state index in [2.05, 4.69) is 10.6 Å². The molecule has 0 aliphatic carbocycles. The zero-order valence-corrected chi connectivity index (χ0v) is 13.5. The van der Waals surface area contributed by atoms with Gasteiger partial charge in [0.15, 0.2) is 0 Å². The minimum absolute atomic E-state index is 0.0335. The van der Waals surface area contributed by atoms with Crippen molar-refractivity contribution in [2.45, 2.75) is 32.0 Å². The molecule has 8 heteroatoms. The molecule has 1 aliphatic heterocycles. The van der Waals surface area contributed by atoms with Gasteiger partial charge in [0.2, 0.25) is 6.10 Å². The van der Waals surface area contributed by atoms with E-state index >= 15 is 0 Å². The van der Waals surface area contributed by atoms with E-state index in [-0.39, 0.29) is 19.1 Å². The number of urea groups is 1. The molecule has 2 rings (SSSR count). The van der Waals surface area contributed by atoms with E-state index in [1.807, 2.05) is 0 Å². The number of ether oxygens (including phenoxy) is 3. The molecule has 24 heavy (non-hydrogen) atoms. The average molecular weight is 336 g/mol. The molecule has 8 nitrogen and oxygen atoms in total. The Morgan fingerprint density at radius 3 is 2.58 bits per heavy atom. The summed E-state index contributed by atoms with van der Waals surface area (Å²) in [4.78, 5) is 34.7. The number of esters is 2. The molecule has 0 radical (unpaired) electrons. The molecule has 0 saturated carbocycles. The lowest BCUT2D eigenvalue weighted by atomic mass is 10.2. The van der Waals surface area contributed by atoms with Gasteiger partial charge in [-0.1, -0.05) is 0 Å². The average Bonchev–Trinajstić information content (AvgIpc) is 2.85. The summed E-state index contributed by atoms with van der Waals surface area (Å²) in [7, 11) is 1.56. The minimum atomic E-state index is -0.847. The predicted octanol–water partition coefficient (Wildman–Crippen LogP) is 1.45. The molecule has 1 heterocycles. The molecular formula is C16H20N2O6. The summed E-state index contributed by atoms with van der Waals surface area (Å²) in [6.07, 6.45) is -0.770. The van der Waals surface area contributed by atoms with Crippen molar-refractivity contribution in [1.82, 2.24) is 5.32 Å². The molecule has 1 fully saturated rings. The quantitative estimate of drug-likeness (QED) is 0.762. The van der Waals surface area contributed by atoms with Gasteiger partial charge in [0.1, 0.15) is 11.9 Å². The summed E-state index contributed by atoms with van der Waals surface area (Å²) in [6.45, 7) is 1.83. The number of methoxy groups -OCH3 is 1. The van der Waals surface area contributed by atoms with E-state index in [1.54, 1.807) is 38.3 Å². The second-order valence-electron chi connectivity index (χ2n) is 5.32. The van der Waals surface area contributed by atoms with Gasteiger partial charge in [0, 0.05) is 18.7 Å². The fourth-order valence-electron chi connectivity index (χ4n) is 2.16. The molecule has 0 bridgehead atoms. The van der Waals surface area contributed by atoms with Crippen molar-refractivity contribution in [2.75, 3.05) is 19.0 Å². The summed E-state index contributed by atoms with van der Waals surface area (Å²) < 4.78 is 14.9. The largest absolute Gasteiger partial charge is 0.497 e. The summed E-state index contributed by atoms with van der Waals surface area (Å²) in [6, 6.07) is 6.38. The van der Waals surface area contributed by atoms with Crippen LogP contribution < -0.4 is 15.4 Å². The van der Waals surface area contributed by atoms with E-state index in [0.29, 0.717) is 17.9 Å². The van der Waals surface area contributed by atoms with E-state index in [1.165, 1.54) is 0 Å². The number of cyclic esters (lactones) is 1. The van der Waals surface area contributed by atoms with Crippen LogP contribution in [0.5, 0.6) is 5.75 Å². The first-order valence-electron chi connectivity index (χ1n) is 7.57. The molecule has 1 saturated heterocycles. The smallest absolute Gasteiger partial charge is 0.347 e. The number of amides is 2. The van der Waals surface area contributed by atoms with Gasteiger partial charge < -0.3 is 24.8 Å². The fourth-order valence-corrected chi connectivity index (χ4v) is 2.16. The normalized spacial score (nSPS) is 19.3. The lowest BCUT2D eigenvalue weighted by molar-refractivity contribution is -0.160. The van der Waals surface area contributed by atoms with Crippen LogP contribution in [-0.2, 0) is 19.1 Å². The van der Waals surface area contributed by atoms with Crippen molar-refractivity contribution in [3.63, 3.8) is 0 Å². The summed E-state index contributed by atoms with van der Waals surface area (Å²) in [5.74, 6) is -0.402. The Morgan fingerprint density at radius 1 is 1.29 bits per heavy atom. The Bertz CT molecular complexity index is 601. The van der Waals surface area contributed by atoms with Gasteiger partial charge in [-0.15, -0.1) is 0 Å². The summed E-state index contributed by atoms with van der Waals surface area (Å²) in [5, 5.41) is 5.16. The second kappa shape index (κ2) is 8.19. The topological polar surface area (TPSA) is 103 Å². The van der Waals surface area contributed by atoms with Crippen LogP contribution in [-0.4, -0.2) is 43.8 Å². The third kappa shape index (κ3) is 5.15. The number of carbonyl (C=O) groups is 3. The molecule has 1 aromatic carbocycles. The first-order valence-corrected chi connectivity index (χ1v) is 7.57. The van der Waals surface area contributed by atoms with Gasteiger partial charge in [0.05, 0.1) is 13.5 Å². The lowest BCUT2D eigenvalue weighted by Crippen LogP contribution is -2.32. The Hall–Kier alpha value is -2.77. The lowest BCUT2D eigenvalue weighted by Gasteiger charge is -2.10. The SMILES string of the molecule is COc1ccc(NC(=O)NCCC(=O)OC2CC(C)OC2=O)cc1. The highest BCUT2D eigenvalue weighted by Crippen LogP contribution is 2.17. The maximum atomic E-state index is 11.7. The highest BCUT2D eigenvalue weighted by molar-refractivity contribution is 5.89. The van der Waals surface area contributed by atoms with Crippen LogP contribution in [0.4, 0.5) is 10.5 Å². The molecule has 2 N–H and O–H groups in total. The number of anilines is 1. The van der Waals surface area contributed by atoms with E-state index < -0.39 is 24.1 Å². The molecule has 0 spiro atoms. The number of carbonyl (C=O) groups excluding carboxylic acids is 3. The number of benzene rings is 1. The third-order valence-electron chi connectivity index (χ3n) is 3.36. The van der Waals surface area contributed by atoms with Gasteiger partial charge in [-0.25, -0.2) is 9.59 Å². The van der Waals surface area contributed by atoms with Gasteiger partial charge in [-0.05, 0) is 31.2 Å². The molecule has 2 atom stereocenters. The van der Waals surface area contributed by atoms with Crippen molar-refractivity contribution in [2.24, 2.45) is 0 Å². The second-order valence-corrected chi connectivity index (χ2v) is 5.32. The highest BCUT2D eigenvalue weighted by Gasteiger charge is 2.34. The van der Waals surface area contributed by atoms with Gasteiger partial charge >= 0.3 is 18.0 Å². The summed E-state index contributed by atoms with van der Waals surface area (Å²) >= 11 is 0. The first kappa shape index (κ1) is 17.6. The van der Waals surface area contributed by atoms with Gasteiger partial charge in [0.25, 0.3) is 0 Å². The molecule has 2 unspecified atom stereocenters. The van der Waals surface area contributed by atoms with E-state index in [9.17, 15) is 14.4 Å². The van der Waals surface area contributed by atoms with Crippen LogP contribution in [0.15, 0.2) is 24.3 Å². The van der Waals surface area contributed by atoms with Crippen molar-refractivity contribution in [1.29, 1.82) is 0 Å². The van der Waals surface area contributed by atoms with E-state index in [4.69, 9.17) is 14.2 Å². The Balaban J connectivity index is 1.66.